The fraction of sp³-hybridized carbons (Fsp3) is 0.691. The minimum absolute atomic E-state index is 0.102. The van der Waals surface area contributed by atoms with Gasteiger partial charge in [-0.3, -0.25) is 14.4 Å². The molecule has 0 fully saturated rings. The SMILES string of the molecule is CC\C=C/C=C\C=C/CCCCCCCCCC(=O)OC(COC(=O)CCC/C=C\C/C=C\C/C=C\CCCCCCCC)COC(=O)CCCCCCC/C=C\CCCC. The van der Waals surface area contributed by atoms with E-state index in [1.807, 2.05) is 0 Å². The van der Waals surface area contributed by atoms with Crippen LogP contribution in [0.2, 0.25) is 0 Å². The summed E-state index contributed by atoms with van der Waals surface area (Å²) in [6.07, 6.45) is 62.8. The molecule has 0 N–H and O–H groups in total. The molecule has 6 heteroatoms. The molecule has 0 aromatic rings. The molecule has 0 aromatic carbocycles. The van der Waals surface area contributed by atoms with Gasteiger partial charge in [-0.25, -0.2) is 0 Å². The Kier molecular flexibility index (Phi) is 46.5. The average molecular weight is 849 g/mol. The molecule has 0 aliphatic carbocycles. The van der Waals surface area contributed by atoms with Crippen molar-refractivity contribution in [3.05, 3.63) is 85.1 Å². The molecule has 0 aliphatic rings. The van der Waals surface area contributed by atoms with E-state index in [1.165, 1.54) is 89.9 Å². The van der Waals surface area contributed by atoms with Crippen LogP contribution in [-0.4, -0.2) is 37.2 Å². The van der Waals surface area contributed by atoms with Crippen LogP contribution in [0.1, 0.15) is 226 Å². The van der Waals surface area contributed by atoms with E-state index in [0.29, 0.717) is 19.3 Å². The number of hydrogen-bond acceptors (Lipinski definition) is 6. The van der Waals surface area contributed by atoms with Gasteiger partial charge in [-0.1, -0.05) is 202 Å². The van der Waals surface area contributed by atoms with Crippen molar-refractivity contribution in [1.29, 1.82) is 0 Å². The van der Waals surface area contributed by atoms with Crippen LogP contribution in [0.25, 0.3) is 0 Å². The second-order valence-corrected chi connectivity index (χ2v) is 16.4. The maximum Gasteiger partial charge on any atom is 0.306 e. The van der Waals surface area contributed by atoms with Gasteiger partial charge in [0.15, 0.2) is 6.10 Å². The van der Waals surface area contributed by atoms with Gasteiger partial charge in [0, 0.05) is 19.3 Å². The Balaban J connectivity index is 4.48. The molecule has 0 saturated heterocycles. The van der Waals surface area contributed by atoms with Crippen LogP contribution in [0, 0.1) is 0 Å². The molecular formula is C55H92O6. The Morgan fingerprint density at radius 1 is 0.361 bits per heavy atom. The summed E-state index contributed by atoms with van der Waals surface area (Å²) < 4.78 is 16.7. The molecule has 0 rings (SSSR count). The molecule has 0 saturated carbocycles. The summed E-state index contributed by atoms with van der Waals surface area (Å²) in [4.78, 5) is 37.9. The fourth-order valence-electron chi connectivity index (χ4n) is 6.61. The lowest BCUT2D eigenvalue weighted by atomic mass is 10.1. The number of hydrogen-bond donors (Lipinski definition) is 0. The summed E-state index contributed by atoms with van der Waals surface area (Å²) >= 11 is 0. The van der Waals surface area contributed by atoms with Gasteiger partial charge >= 0.3 is 17.9 Å². The third kappa shape index (κ3) is 47.5. The van der Waals surface area contributed by atoms with Crippen LogP contribution in [0.3, 0.4) is 0 Å². The number of allylic oxidation sites excluding steroid dienone is 14. The average Bonchev–Trinajstić information content (AvgIpc) is 3.26. The van der Waals surface area contributed by atoms with Crippen molar-refractivity contribution in [2.45, 2.75) is 232 Å². The molecule has 0 amide bonds. The van der Waals surface area contributed by atoms with E-state index in [1.54, 1.807) is 0 Å². The summed E-state index contributed by atoms with van der Waals surface area (Å²) in [6, 6.07) is 0. The molecule has 348 valence electrons. The van der Waals surface area contributed by atoms with Gasteiger partial charge in [-0.15, -0.1) is 0 Å². The Morgan fingerprint density at radius 2 is 0.738 bits per heavy atom. The summed E-state index contributed by atoms with van der Waals surface area (Å²) in [5.74, 6) is -0.982. The molecule has 0 heterocycles. The topological polar surface area (TPSA) is 78.9 Å². The first kappa shape index (κ1) is 57.6. The number of carbonyl (C=O) groups is 3. The lowest BCUT2D eigenvalue weighted by Gasteiger charge is -2.18. The molecule has 0 aromatic heterocycles. The zero-order chi connectivity index (χ0) is 44.4. The fourth-order valence-corrected chi connectivity index (χ4v) is 6.61. The van der Waals surface area contributed by atoms with Gasteiger partial charge in [-0.2, -0.15) is 0 Å². The highest BCUT2D eigenvalue weighted by molar-refractivity contribution is 5.71. The zero-order valence-corrected chi connectivity index (χ0v) is 39.7. The van der Waals surface area contributed by atoms with E-state index in [0.717, 1.165) is 89.9 Å². The number of esters is 3. The van der Waals surface area contributed by atoms with Crippen LogP contribution in [-0.2, 0) is 28.6 Å². The van der Waals surface area contributed by atoms with E-state index in [-0.39, 0.29) is 37.5 Å². The van der Waals surface area contributed by atoms with E-state index in [2.05, 4.69) is 106 Å². The van der Waals surface area contributed by atoms with Gasteiger partial charge in [0.1, 0.15) is 13.2 Å². The summed E-state index contributed by atoms with van der Waals surface area (Å²) in [6.45, 7) is 6.39. The predicted molar refractivity (Wildman–Crippen MR) is 261 cm³/mol. The summed E-state index contributed by atoms with van der Waals surface area (Å²) in [5, 5.41) is 0. The Morgan fingerprint density at radius 3 is 1.26 bits per heavy atom. The maximum absolute atomic E-state index is 12.8. The third-order valence-electron chi connectivity index (χ3n) is 10.4. The van der Waals surface area contributed by atoms with E-state index < -0.39 is 6.10 Å². The van der Waals surface area contributed by atoms with Crippen LogP contribution in [0.4, 0.5) is 0 Å². The highest BCUT2D eigenvalue weighted by atomic mass is 16.6. The second-order valence-electron chi connectivity index (χ2n) is 16.4. The van der Waals surface area contributed by atoms with Crippen LogP contribution >= 0.6 is 0 Å². The second kappa shape index (κ2) is 49.2. The zero-order valence-electron chi connectivity index (χ0n) is 39.7. The largest absolute Gasteiger partial charge is 0.462 e. The van der Waals surface area contributed by atoms with Gasteiger partial charge in [-0.05, 0) is 89.9 Å². The molecular weight excluding hydrogens is 757 g/mol. The molecule has 0 bridgehead atoms. The standard InChI is InChI=1S/C55H92O6/c1-4-7-10-13-16-19-22-24-26-27-29-30-33-36-39-42-45-48-54(57)60-51-52(50-59-53(56)47-44-41-38-35-32-21-18-15-12-9-6-3)61-55(58)49-46-43-40-37-34-31-28-25-23-20-17-14-11-8-5-2/h8,11,14-15,17-18,20,23-24,26,29-30,36,39,52H,4-7,9-10,12-13,16,19,21-22,25,27-28,31-35,37-38,40-51H2,1-3H3/b11-8-,17-14-,18-15-,23-20-,26-24-,30-29-,39-36-. The van der Waals surface area contributed by atoms with Crippen LogP contribution < -0.4 is 0 Å². The van der Waals surface area contributed by atoms with Gasteiger partial charge < -0.3 is 14.2 Å². The van der Waals surface area contributed by atoms with Gasteiger partial charge in [0.25, 0.3) is 0 Å². The summed E-state index contributed by atoms with van der Waals surface area (Å²) in [5.41, 5.74) is 0. The first-order chi connectivity index (χ1) is 30.0. The van der Waals surface area contributed by atoms with Crippen LogP contribution in [0.5, 0.6) is 0 Å². The number of carbonyl (C=O) groups excluding carboxylic acids is 3. The van der Waals surface area contributed by atoms with Crippen molar-refractivity contribution >= 4 is 17.9 Å². The monoisotopic (exact) mass is 849 g/mol. The lowest BCUT2D eigenvalue weighted by Crippen LogP contribution is -2.30. The van der Waals surface area contributed by atoms with E-state index in [9.17, 15) is 14.4 Å². The lowest BCUT2D eigenvalue weighted by molar-refractivity contribution is -0.167. The molecule has 61 heavy (non-hydrogen) atoms. The highest BCUT2D eigenvalue weighted by Gasteiger charge is 2.19. The molecule has 1 atom stereocenters. The number of rotatable bonds is 44. The normalized spacial score (nSPS) is 12.8. The van der Waals surface area contributed by atoms with Crippen molar-refractivity contribution in [3.8, 4) is 0 Å². The minimum atomic E-state index is -0.805. The minimum Gasteiger partial charge on any atom is -0.462 e. The van der Waals surface area contributed by atoms with Gasteiger partial charge in [0.05, 0.1) is 0 Å². The first-order valence-electron chi connectivity index (χ1n) is 25.1. The molecule has 0 spiro atoms. The van der Waals surface area contributed by atoms with E-state index in [4.69, 9.17) is 14.2 Å². The first-order valence-corrected chi connectivity index (χ1v) is 25.1. The molecule has 1 unspecified atom stereocenters. The Hall–Kier alpha value is -3.41. The van der Waals surface area contributed by atoms with Crippen molar-refractivity contribution in [2.24, 2.45) is 0 Å². The highest BCUT2D eigenvalue weighted by Crippen LogP contribution is 2.13. The molecule has 0 radical (unpaired) electrons. The van der Waals surface area contributed by atoms with Gasteiger partial charge in [0.2, 0.25) is 0 Å². The van der Waals surface area contributed by atoms with Crippen molar-refractivity contribution in [2.75, 3.05) is 13.2 Å². The Labute approximate surface area is 375 Å². The van der Waals surface area contributed by atoms with Crippen molar-refractivity contribution in [1.82, 2.24) is 0 Å². The number of unbranched alkanes of at least 4 members (excludes halogenated alkanes) is 21. The van der Waals surface area contributed by atoms with Crippen LogP contribution in [0.15, 0.2) is 85.1 Å². The molecule has 0 aliphatic heterocycles. The predicted octanol–water partition coefficient (Wildman–Crippen LogP) is 16.4. The van der Waals surface area contributed by atoms with Crippen molar-refractivity contribution < 1.29 is 28.6 Å². The van der Waals surface area contributed by atoms with E-state index >= 15 is 0 Å². The number of ether oxygens (including phenoxy) is 3. The maximum atomic E-state index is 12.8. The summed E-state index contributed by atoms with van der Waals surface area (Å²) in [7, 11) is 0. The Bertz CT molecular complexity index is 1200. The molecule has 6 nitrogen and oxygen atoms in total. The quantitative estimate of drug-likeness (QED) is 0.0200. The van der Waals surface area contributed by atoms with Crippen molar-refractivity contribution in [3.63, 3.8) is 0 Å². The smallest absolute Gasteiger partial charge is 0.306 e. The third-order valence-corrected chi connectivity index (χ3v) is 10.4.